The van der Waals surface area contributed by atoms with Gasteiger partial charge in [0, 0.05) is 0 Å². The summed E-state index contributed by atoms with van der Waals surface area (Å²) in [6, 6.07) is 5.36. The van der Waals surface area contributed by atoms with Crippen LogP contribution < -0.4 is 10.1 Å². The standard InChI is InChI=1S/C14H17NO6/c1-2-21-10-5-3-9(4-6-10)7-12(16)15-11(14(19)20)8-13(17)18/h3-6,11H,2,7-8H2,1H3,(H,15,16)(H,17,18)(H,19,20)/t11-/m0/s1. The summed E-state index contributed by atoms with van der Waals surface area (Å²) in [7, 11) is 0. The van der Waals surface area contributed by atoms with Crippen LogP contribution in [0.25, 0.3) is 0 Å². The van der Waals surface area contributed by atoms with Gasteiger partial charge in [0.25, 0.3) is 0 Å². The number of hydrogen-bond acceptors (Lipinski definition) is 4. The van der Waals surface area contributed by atoms with Crippen molar-refractivity contribution in [2.24, 2.45) is 0 Å². The van der Waals surface area contributed by atoms with E-state index >= 15 is 0 Å². The minimum Gasteiger partial charge on any atom is -0.494 e. The van der Waals surface area contributed by atoms with Crippen LogP contribution in [0.15, 0.2) is 24.3 Å². The topological polar surface area (TPSA) is 113 Å². The van der Waals surface area contributed by atoms with E-state index in [0.29, 0.717) is 17.9 Å². The highest BCUT2D eigenvalue weighted by molar-refractivity contribution is 5.87. The van der Waals surface area contributed by atoms with Gasteiger partial charge in [-0.1, -0.05) is 12.1 Å². The van der Waals surface area contributed by atoms with E-state index in [9.17, 15) is 14.4 Å². The second-order valence-electron chi connectivity index (χ2n) is 4.31. The average molecular weight is 295 g/mol. The first-order valence-electron chi connectivity index (χ1n) is 6.38. The Bertz CT molecular complexity index is 511. The Labute approximate surface area is 121 Å². The zero-order chi connectivity index (χ0) is 15.8. The third kappa shape index (κ3) is 5.94. The van der Waals surface area contributed by atoms with Crippen molar-refractivity contribution in [3.05, 3.63) is 29.8 Å². The lowest BCUT2D eigenvalue weighted by Crippen LogP contribution is -2.42. The largest absolute Gasteiger partial charge is 0.494 e. The quantitative estimate of drug-likeness (QED) is 0.649. The lowest BCUT2D eigenvalue weighted by molar-refractivity contribution is -0.147. The molecule has 114 valence electrons. The fourth-order valence-corrected chi connectivity index (χ4v) is 1.68. The van der Waals surface area contributed by atoms with Crippen LogP contribution in [0.3, 0.4) is 0 Å². The highest BCUT2D eigenvalue weighted by atomic mass is 16.5. The number of carbonyl (C=O) groups is 3. The summed E-state index contributed by atoms with van der Waals surface area (Å²) < 4.78 is 5.26. The van der Waals surface area contributed by atoms with Crippen LogP contribution in [0.5, 0.6) is 5.75 Å². The summed E-state index contributed by atoms with van der Waals surface area (Å²) in [5.74, 6) is -2.54. The van der Waals surface area contributed by atoms with E-state index in [4.69, 9.17) is 14.9 Å². The van der Waals surface area contributed by atoms with Gasteiger partial charge in [-0.3, -0.25) is 9.59 Å². The maximum absolute atomic E-state index is 11.7. The number of ether oxygens (including phenoxy) is 1. The van der Waals surface area contributed by atoms with E-state index in [1.165, 1.54) is 0 Å². The molecule has 0 saturated carbocycles. The summed E-state index contributed by atoms with van der Waals surface area (Å²) >= 11 is 0. The lowest BCUT2D eigenvalue weighted by atomic mass is 10.1. The molecule has 0 heterocycles. The molecule has 0 aliphatic heterocycles. The van der Waals surface area contributed by atoms with Gasteiger partial charge in [-0.25, -0.2) is 4.79 Å². The fourth-order valence-electron chi connectivity index (χ4n) is 1.68. The number of carboxylic acids is 2. The van der Waals surface area contributed by atoms with Crippen molar-refractivity contribution >= 4 is 17.8 Å². The number of amides is 1. The molecule has 0 aromatic heterocycles. The first-order chi connectivity index (χ1) is 9.92. The van der Waals surface area contributed by atoms with Gasteiger partial charge in [0.2, 0.25) is 5.91 Å². The number of aliphatic carboxylic acids is 2. The molecule has 7 heteroatoms. The summed E-state index contributed by atoms with van der Waals surface area (Å²) in [4.78, 5) is 33.1. The van der Waals surface area contributed by atoms with Gasteiger partial charge in [-0.15, -0.1) is 0 Å². The maximum atomic E-state index is 11.7. The summed E-state index contributed by atoms with van der Waals surface area (Å²) in [6.45, 7) is 2.39. The molecule has 0 fully saturated rings. The SMILES string of the molecule is CCOc1ccc(CC(=O)N[C@@H](CC(=O)O)C(=O)O)cc1. The monoisotopic (exact) mass is 295 g/mol. The number of carboxylic acid groups (broad SMARTS) is 2. The van der Waals surface area contributed by atoms with Crippen LogP contribution in [-0.4, -0.2) is 40.7 Å². The molecule has 0 aliphatic rings. The van der Waals surface area contributed by atoms with Gasteiger partial charge >= 0.3 is 11.9 Å². The van der Waals surface area contributed by atoms with E-state index in [2.05, 4.69) is 5.32 Å². The van der Waals surface area contributed by atoms with Crippen LogP contribution >= 0.6 is 0 Å². The Balaban J connectivity index is 2.59. The molecule has 21 heavy (non-hydrogen) atoms. The molecule has 1 rings (SSSR count). The molecule has 7 nitrogen and oxygen atoms in total. The van der Waals surface area contributed by atoms with Gasteiger partial charge in [0.15, 0.2) is 0 Å². The van der Waals surface area contributed by atoms with Crippen molar-refractivity contribution in [2.75, 3.05) is 6.61 Å². The second kappa shape index (κ2) is 7.88. The highest BCUT2D eigenvalue weighted by Crippen LogP contribution is 2.12. The molecule has 1 aromatic carbocycles. The minimum absolute atomic E-state index is 0.0319. The molecule has 0 unspecified atom stereocenters. The van der Waals surface area contributed by atoms with Crippen molar-refractivity contribution in [2.45, 2.75) is 25.8 Å². The number of hydrogen-bond donors (Lipinski definition) is 3. The van der Waals surface area contributed by atoms with Crippen molar-refractivity contribution in [1.29, 1.82) is 0 Å². The van der Waals surface area contributed by atoms with Crippen LogP contribution in [0.2, 0.25) is 0 Å². The molecule has 0 bridgehead atoms. The molecule has 0 saturated heterocycles. The smallest absolute Gasteiger partial charge is 0.326 e. The third-order valence-electron chi connectivity index (χ3n) is 2.61. The van der Waals surface area contributed by atoms with E-state index in [-0.39, 0.29) is 6.42 Å². The zero-order valence-electron chi connectivity index (χ0n) is 11.5. The predicted molar refractivity (Wildman–Crippen MR) is 73.1 cm³/mol. The number of carbonyl (C=O) groups excluding carboxylic acids is 1. The van der Waals surface area contributed by atoms with E-state index in [1.54, 1.807) is 24.3 Å². The summed E-state index contributed by atoms with van der Waals surface area (Å²) in [6.07, 6.45) is -0.694. The van der Waals surface area contributed by atoms with Crippen molar-refractivity contribution in [3.8, 4) is 5.75 Å². The van der Waals surface area contributed by atoms with Crippen LogP contribution in [-0.2, 0) is 20.8 Å². The Morgan fingerprint density at radius 1 is 1.19 bits per heavy atom. The van der Waals surface area contributed by atoms with E-state index in [0.717, 1.165) is 0 Å². The molecule has 1 atom stereocenters. The predicted octanol–water partition coefficient (Wildman–Crippen LogP) is 0.672. The van der Waals surface area contributed by atoms with E-state index in [1.807, 2.05) is 6.92 Å². The fraction of sp³-hybridized carbons (Fsp3) is 0.357. The van der Waals surface area contributed by atoms with Gasteiger partial charge in [-0.2, -0.15) is 0 Å². The number of benzene rings is 1. The highest BCUT2D eigenvalue weighted by Gasteiger charge is 2.22. The normalized spacial score (nSPS) is 11.5. The maximum Gasteiger partial charge on any atom is 0.326 e. The first kappa shape index (κ1) is 16.5. The zero-order valence-corrected chi connectivity index (χ0v) is 11.5. The van der Waals surface area contributed by atoms with Crippen LogP contribution in [0.1, 0.15) is 18.9 Å². The van der Waals surface area contributed by atoms with Gasteiger partial charge in [0.1, 0.15) is 11.8 Å². The Hall–Kier alpha value is -2.57. The molecule has 0 aliphatic carbocycles. The molecule has 1 amide bonds. The Morgan fingerprint density at radius 2 is 1.81 bits per heavy atom. The Morgan fingerprint density at radius 3 is 2.29 bits per heavy atom. The molecular weight excluding hydrogens is 278 g/mol. The van der Waals surface area contributed by atoms with Crippen LogP contribution in [0.4, 0.5) is 0 Å². The van der Waals surface area contributed by atoms with Crippen molar-refractivity contribution < 1.29 is 29.3 Å². The summed E-state index contributed by atoms with van der Waals surface area (Å²) in [5, 5.41) is 19.6. The van der Waals surface area contributed by atoms with Crippen molar-refractivity contribution in [1.82, 2.24) is 5.32 Å². The molecule has 0 radical (unpaired) electrons. The van der Waals surface area contributed by atoms with E-state index < -0.39 is 30.3 Å². The molecule has 0 spiro atoms. The van der Waals surface area contributed by atoms with Crippen molar-refractivity contribution in [3.63, 3.8) is 0 Å². The Kier molecular flexibility index (Phi) is 6.19. The first-order valence-corrected chi connectivity index (χ1v) is 6.38. The van der Waals surface area contributed by atoms with Crippen LogP contribution in [0, 0.1) is 0 Å². The number of rotatable bonds is 8. The average Bonchev–Trinajstić information content (AvgIpc) is 2.40. The summed E-state index contributed by atoms with van der Waals surface area (Å²) in [5.41, 5.74) is 0.676. The third-order valence-corrected chi connectivity index (χ3v) is 2.61. The number of nitrogens with one attached hydrogen (secondary N) is 1. The molecule has 1 aromatic rings. The van der Waals surface area contributed by atoms with Gasteiger partial charge in [0.05, 0.1) is 19.4 Å². The van der Waals surface area contributed by atoms with Gasteiger partial charge in [-0.05, 0) is 24.6 Å². The minimum atomic E-state index is -1.43. The lowest BCUT2D eigenvalue weighted by Gasteiger charge is -2.12. The van der Waals surface area contributed by atoms with Gasteiger partial charge < -0.3 is 20.3 Å². The molecule has 3 N–H and O–H groups in total. The molecular formula is C14H17NO6. The second-order valence-corrected chi connectivity index (χ2v) is 4.31.